The number of fused-ring (bicyclic) bond motifs is 1. The Hall–Kier alpha value is -4.21. The molecule has 1 aliphatic heterocycles. The highest BCUT2D eigenvalue weighted by molar-refractivity contribution is 6.30. The minimum absolute atomic E-state index is 0.305. The van der Waals surface area contributed by atoms with Crippen molar-refractivity contribution >= 4 is 51.4 Å². The van der Waals surface area contributed by atoms with Crippen LogP contribution in [0, 0.1) is 0 Å². The van der Waals surface area contributed by atoms with Crippen molar-refractivity contribution in [1.29, 1.82) is 0 Å². The van der Waals surface area contributed by atoms with Crippen LogP contribution in [-0.2, 0) is 4.79 Å². The van der Waals surface area contributed by atoms with Gasteiger partial charge in [-0.1, -0.05) is 30.3 Å². The van der Waals surface area contributed by atoms with Gasteiger partial charge in [0.15, 0.2) is 0 Å². The quantitative estimate of drug-likeness (QED) is 0.309. The Morgan fingerprint density at radius 1 is 1.21 bits per heavy atom. The molecule has 0 spiro atoms. The highest BCUT2D eigenvalue weighted by atomic mass is 35.5. The zero-order valence-corrected chi connectivity index (χ0v) is 22.2. The van der Waals surface area contributed by atoms with Gasteiger partial charge in [0.1, 0.15) is 11.3 Å². The van der Waals surface area contributed by atoms with E-state index >= 15 is 0 Å². The van der Waals surface area contributed by atoms with Gasteiger partial charge in [-0.25, -0.2) is 9.97 Å². The number of nitrogens with zero attached hydrogens (tertiary/aromatic N) is 5. The Bertz CT molecular complexity index is 1520. The lowest BCUT2D eigenvalue weighted by Crippen LogP contribution is -2.56. The minimum atomic E-state index is -0.305. The summed E-state index contributed by atoms with van der Waals surface area (Å²) in [5.74, 6) is 0.636. The van der Waals surface area contributed by atoms with Crippen LogP contribution in [0.4, 0.5) is 23.0 Å². The molecular weight excluding hydrogens is 502 g/mol. The number of likely N-dealkylation sites (N-methyl/N-ethyl adjacent to an activating group) is 2. The molecule has 4 aromatic rings. The van der Waals surface area contributed by atoms with E-state index in [2.05, 4.69) is 44.0 Å². The number of anilines is 4. The first-order chi connectivity index (χ1) is 18.4. The Kier molecular flexibility index (Phi) is 7.13. The van der Waals surface area contributed by atoms with Gasteiger partial charge in [-0.3, -0.25) is 9.78 Å². The minimum Gasteiger partial charge on any atom is -0.494 e. The van der Waals surface area contributed by atoms with Crippen molar-refractivity contribution in [1.82, 2.24) is 19.9 Å². The number of aromatic nitrogens is 3. The van der Waals surface area contributed by atoms with Crippen LogP contribution in [0.15, 0.2) is 67.5 Å². The number of pyridine rings is 1. The van der Waals surface area contributed by atoms with Crippen molar-refractivity contribution in [2.24, 2.45) is 0 Å². The molecule has 0 bridgehead atoms. The monoisotopic (exact) mass is 529 g/mol. The van der Waals surface area contributed by atoms with Crippen molar-refractivity contribution in [2.45, 2.75) is 6.04 Å². The summed E-state index contributed by atoms with van der Waals surface area (Å²) < 4.78 is 5.73. The number of methoxy groups -OCH3 is 1. The number of hydrogen-bond acceptors (Lipinski definition) is 8. The Balaban J connectivity index is 1.54. The van der Waals surface area contributed by atoms with E-state index in [0.717, 1.165) is 29.7 Å². The summed E-state index contributed by atoms with van der Waals surface area (Å²) in [5.41, 5.74) is 4.29. The zero-order valence-electron chi connectivity index (χ0n) is 21.4. The van der Waals surface area contributed by atoms with Crippen LogP contribution in [0.1, 0.15) is 0 Å². The SMILES string of the molecule is C=CC(=O)Nc1cc(Nc2ncc3ccnc(-c4cccc(Cl)c4)c3n2)c(OC)cc1N(C)C1CN(C)C1. The van der Waals surface area contributed by atoms with Crippen molar-refractivity contribution < 1.29 is 9.53 Å². The maximum Gasteiger partial charge on any atom is 0.247 e. The fraction of sp³-hybridized carbons (Fsp3) is 0.214. The number of amides is 1. The molecule has 2 aromatic carbocycles. The summed E-state index contributed by atoms with van der Waals surface area (Å²) in [5, 5.41) is 7.65. The number of hydrogen-bond donors (Lipinski definition) is 2. The van der Waals surface area contributed by atoms with Gasteiger partial charge < -0.3 is 25.2 Å². The van der Waals surface area contributed by atoms with E-state index < -0.39 is 0 Å². The average Bonchev–Trinajstić information content (AvgIpc) is 2.90. The Labute approximate surface area is 226 Å². The molecule has 0 atom stereocenters. The maximum atomic E-state index is 12.3. The lowest BCUT2D eigenvalue weighted by atomic mass is 10.1. The van der Waals surface area contributed by atoms with Gasteiger partial charge in [-0.15, -0.1) is 0 Å². The summed E-state index contributed by atoms with van der Waals surface area (Å²) >= 11 is 6.23. The molecule has 0 aliphatic carbocycles. The molecule has 1 saturated heterocycles. The predicted molar refractivity (Wildman–Crippen MR) is 153 cm³/mol. The van der Waals surface area contributed by atoms with Crippen LogP contribution >= 0.6 is 11.6 Å². The number of carbonyl (C=O) groups excluding carboxylic acids is 1. The molecule has 1 amide bonds. The van der Waals surface area contributed by atoms with Gasteiger partial charge in [-0.2, -0.15) is 0 Å². The van der Waals surface area contributed by atoms with E-state index in [1.807, 2.05) is 49.5 Å². The third-order valence-electron chi connectivity index (χ3n) is 6.58. The van der Waals surface area contributed by atoms with Crippen LogP contribution in [0.3, 0.4) is 0 Å². The molecule has 0 saturated carbocycles. The summed E-state index contributed by atoms with van der Waals surface area (Å²) in [6, 6.07) is 13.4. The number of ether oxygens (including phenoxy) is 1. The number of carbonyl (C=O) groups is 1. The Morgan fingerprint density at radius 3 is 2.74 bits per heavy atom. The van der Waals surface area contributed by atoms with Crippen LogP contribution < -0.4 is 20.3 Å². The summed E-state index contributed by atoms with van der Waals surface area (Å²) in [6.45, 7) is 5.45. The molecular formula is C28H28ClN7O2. The zero-order chi connectivity index (χ0) is 26.8. The molecule has 1 aliphatic rings. The number of nitrogens with one attached hydrogen (secondary N) is 2. The molecule has 0 radical (unpaired) electrons. The average molecular weight is 530 g/mol. The first-order valence-electron chi connectivity index (χ1n) is 12.1. The van der Waals surface area contributed by atoms with Crippen LogP contribution in [0.2, 0.25) is 5.02 Å². The number of rotatable bonds is 8. The second-order valence-electron chi connectivity index (χ2n) is 9.18. The largest absolute Gasteiger partial charge is 0.494 e. The van der Waals surface area contributed by atoms with Crippen molar-refractivity contribution in [3.63, 3.8) is 0 Å². The topological polar surface area (TPSA) is 95.5 Å². The summed E-state index contributed by atoms with van der Waals surface area (Å²) in [4.78, 5) is 30.5. The van der Waals surface area contributed by atoms with Crippen LogP contribution in [-0.4, -0.2) is 66.1 Å². The van der Waals surface area contributed by atoms with E-state index in [0.29, 0.717) is 45.3 Å². The van der Waals surface area contributed by atoms with E-state index in [9.17, 15) is 4.79 Å². The molecule has 5 rings (SSSR count). The summed E-state index contributed by atoms with van der Waals surface area (Å²) in [6.07, 6.45) is 4.71. The van der Waals surface area contributed by atoms with Gasteiger partial charge in [0.25, 0.3) is 0 Å². The fourth-order valence-corrected chi connectivity index (χ4v) is 4.69. The van der Waals surface area contributed by atoms with Crippen LogP contribution in [0.25, 0.3) is 22.2 Å². The molecule has 1 fully saturated rings. The summed E-state index contributed by atoms with van der Waals surface area (Å²) in [7, 11) is 5.70. The number of benzene rings is 2. The molecule has 2 aromatic heterocycles. The number of halogens is 1. The highest BCUT2D eigenvalue weighted by Crippen LogP contribution is 2.39. The van der Waals surface area contributed by atoms with E-state index in [1.165, 1.54) is 6.08 Å². The van der Waals surface area contributed by atoms with Crippen LogP contribution in [0.5, 0.6) is 5.75 Å². The van der Waals surface area contributed by atoms with Gasteiger partial charge in [0.05, 0.1) is 35.9 Å². The first kappa shape index (κ1) is 25.4. The fourth-order valence-electron chi connectivity index (χ4n) is 4.50. The van der Waals surface area contributed by atoms with Gasteiger partial charge in [0, 0.05) is 54.6 Å². The second kappa shape index (κ2) is 10.6. The number of likely N-dealkylation sites (tertiary alicyclic amines) is 1. The van der Waals surface area contributed by atoms with Gasteiger partial charge >= 0.3 is 0 Å². The van der Waals surface area contributed by atoms with Gasteiger partial charge in [-0.05, 0) is 37.4 Å². The standard InChI is InChI=1S/C28H28ClN7O2/c1-5-25(37)32-21-12-22(24(38-4)13-23(21)36(3)20-15-35(2)16-20)33-28-31-14-18-9-10-30-26(27(18)34-28)17-7-6-8-19(29)11-17/h5-14,20H,1,15-16H2,2-4H3,(H,32,37)(H,31,33,34). The molecule has 3 heterocycles. The highest BCUT2D eigenvalue weighted by Gasteiger charge is 2.29. The van der Waals surface area contributed by atoms with Crippen molar-refractivity contribution in [3.05, 3.63) is 72.5 Å². The van der Waals surface area contributed by atoms with Crippen molar-refractivity contribution in [2.75, 3.05) is 49.8 Å². The maximum absolute atomic E-state index is 12.3. The third-order valence-corrected chi connectivity index (χ3v) is 6.81. The predicted octanol–water partition coefficient (Wildman–Crippen LogP) is 4.97. The normalized spacial score (nSPS) is 13.6. The van der Waals surface area contributed by atoms with E-state index in [1.54, 1.807) is 19.5 Å². The lowest BCUT2D eigenvalue weighted by molar-refractivity contribution is -0.111. The molecule has 0 unspecified atom stereocenters. The third kappa shape index (κ3) is 5.11. The van der Waals surface area contributed by atoms with E-state index in [4.69, 9.17) is 21.3 Å². The second-order valence-corrected chi connectivity index (χ2v) is 9.61. The Morgan fingerprint density at radius 2 is 2.03 bits per heavy atom. The van der Waals surface area contributed by atoms with E-state index in [-0.39, 0.29) is 5.91 Å². The first-order valence-corrected chi connectivity index (χ1v) is 12.5. The molecule has 194 valence electrons. The smallest absolute Gasteiger partial charge is 0.247 e. The van der Waals surface area contributed by atoms with Crippen molar-refractivity contribution in [3.8, 4) is 17.0 Å². The van der Waals surface area contributed by atoms with Gasteiger partial charge in [0.2, 0.25) is 11.9 Å². The molecule has 10 heteroatoms. The molecule has 2 N–H and O–H groups in total. The molecule has 9 nitrogen and oxygen atoms in total. The lowest BCUT2D eigenvalue weighted by Gasteiger charge is -2.43. The molecule has 38 heavy (non-hydrogen) atoms.